The fourth-order valence-electron chi connectivity index (χ4n) is 5.27. The van der Waals surface area contributed by atoms with Gasteiger partial charge in [-0.05, 0) is 51.4 Å². The SMILES string of the molecule is Cc1nc(Nc2nc(-c3cc(F)cc(C(F)(F)F)c3)c(CN3CCC[C@H]3C)s2)cc(N2CCN(CCO)CC2)n1. The van der Waals surface area contributed by atoms with Crippen LogP contribution in [0.15, 0.2) is 24.3 Å². The summed E-state index contributed by atoms with van der Waals surface area (Å²) in [7, 11) is 0. The maximum Gasteiger partial charge on any atom is 0.416 e. The highest BCUT2D eigenvalue weighted by atomic mass is 32.1. The quantitative estimate of drug-likeness (QED) is 0.365. The first kappa shape index (κ1) is 28.7. The Kier molecular flexibility index (Phi) is 8.55. The van der Waals surface area contributed by atoms with Crippen LogP contribution in [-0.2, 0) is 12.7 Å². The van der Waals surface area contributed by atoms with Crippen molar-refractivity contribution in [1.29, 1.82) is 0 Å². The molecule has 216 valence electrons. The Hall–Kier alpha value is -2.87. The number of thiazole rings is 1. The molecule has 1 aromatic carbocycles. The molecule has 8 nitrogen and oxygen atoms in total. The molecule has 0 saturated carbocycles. The number of rotatable bonds is 8. The molecular weight excluding hydrogens is 546 g/mol. The van der Waals surface area contributed by atoms with E-state index in [1.807, 2.05) is 6.07 Å². The average Bonchev–Trinajstić information content (AvgIpc) is 3.49. The summed E-state index contributed by atoms with van der Waals surface area (Å²) in [6.07, 6.45) is -2.57. The predicted molar refractivity (Wildman–Crippen MR) is 147 cm³/mol. The van der Waals surface area contributed by atoms with Crippen molar-refractivity contribution >= 4 is 28.1 Å². The Morgan fingerprint density at radius 2 is 1.82 bits per heavy atom. The lowest BCUT2D eigenvalue weighted by molar-refractivity contribution is -0.137. The van der Waals surface area contributed by atoms with E-state index >= 15 is 0 Å². The maximum atomic E-state index is 14.3. The first-order valence-corrected chi connectivity index (χ1v) is 14.2. The molecule has 2 N–H and O–H groups in total. The second-order valence-corrected chi connectivity index (χ2v) is 11.4. The van der Waals surface area contributed by atoms with E-state index in [1.54, 1.807) is 6.92 Å². The number of alkyl halides is 3. The van der Waals surface area contributed by atoms with E-state index in [4.69, 9.17) is 0 Å². The van der Waals surface area contributed by atoms with Crippen LogP contribution in [0.2, 0.25) is 0 Å². The van der Waals surface area contributed by atoms with Gasteiger partial charge in [0.2, 0.25) is 0 Å². The lowest BCUT2D eigenvalue weighted by Gasteiger charge is -2.35. The fourth-order valence-corrected chi connectivity index (χ4v) is 6.29. The second-order valence-electron chi connectivity index (χ2n) is 10.3. The molecule has 0 amide bonds. The van der Waals surface area contributed by atoms with Crippen LogP contribution in [0.4, 0.5) is 34.3 Å². The number of nitrogens with one attached hydrogen (secondary N) is 1. The molecule has 5 rings (SSSR count). The van der Waals surface area contributed by atoms with Crippen LogP contribution in [0.1, 0.15) is 36.0 Å². The Balaban J connectivity index is 1.44. The third kappa shape index (κ3) is 6.70. The zero-order valence-electron chi connectivity index (χ0n) is 22.5. The summed E-state index contributed by atoms with van der Waals surface area (Å²) in [5.41, 5.74) is -0.609. The van der Waals surface area contributed by atoms with Gasteiger partial charge in [0.25, 0.3) is 0 Å². The van der Waals surface area contributed by atoms with Crippen molar-refractivity contribution in [3.8, 4) is 11.3 Å². The molecule has 3 aromatic rings. The van der Waals surface area contributed by atoms with Crippen LogP contribution >= 0.6 is 11.3 Å². The van der Waals surface area contributed by atoms with Gasteiger partial charge in [-0.2, -0.15) is 13.2 Å². The van der Waals surface area contributed by atoms with Crippen LogP contribution in [0.5, 0.6) is 0 Å². The minimum atomic E-state index is -4.67. The van der Waals surface area contributed by atoms with Crippen molar-refractivity contribution in [2.75, 3.05) is 56.1 Å². The van der Waals surface area contributed by atoms with Gasteiger partial charge < -0.3 is 15.3 Å². The molecule has 2 saturated heterocycles. The van der Waals surface area contributed by atoms with Crippen LogP contribution < -0.4 is 10.2 Å². The van der Waals surface area contributed by atoms with E-state index in [0.29, 0.717) is 47.7 Å². The third-order valence-corrected chi connectivity index (χ3v) is 8.36. The van der Waals surface area contributed by atoms with E-state index in [0.717, 1.165) is 68.4 Å². The van der Waals surface area contributed by atoms with E-state index in [9.17, 15) is 22.7 Å². The number of β-amino-alcohol motifs (C(OH)–C–C–N with tert-alkyl or cyclic N) is 1. The highest BCUT2D eigenvalue weighted by Gasteiger charge is 2.32. The second kappa shape index (κ2) is 11.9. The van der Waals surface area contributed by atoms with E-state index < -0.39 is 17.6 Å². The van der Waals surface area contributed by atoms with Crippen LogP contribution in [-0.4, -0.2) is 81.8 Å². The Morgan fingerprint density at radius 1 is 1.05 bits per heavy atom. The number of hydrogen-bond donors (Lipinski definition) is 2. The fraction of sp³-hybridized carbons (Fsp3) is 0.519. The predicted octanol–water partition coefficient (Wildman–Crippen LogP) is 4.91. The van der Waals surface area contributed by atoms with Crippen molar-refractivity contribution in [2.45, 2.75) is 45.5 Å². The maximum absolute atomic E-state index is 14.3. The van der Waals surface area contributed by atoms with Gasteiger partial charge in [-0.15, -0.1) is 0 Å². The number of nitrogens with zero attached hydrogens (tertiary/aromatic N) is 6. The number of hydrogen-bond acceptors (Lipinski definition) is 9. The van der Waals surface area contributed by atoms with Gasteiger partial charge in [0.1, 0.15) is 23.3 Å². The lowest BCUT2D eigenvalue weighted by atomic mass is 10.1. The molecule has 2 aliphatic rings. The summed E-state index contributed by atoms with van der Waals surface area (Å²) in [6.45, 7) is 9.25. The Bertz CT molecular complexity index is 1330. The summed E-state index contributed by atoms with van der Waals surface area (Å²) >= 11 is 1.34. The molecule has 2 aromatic heterocycles. The molecule has 13 heteroatoms. The molecular formula is C27H33F4N7OS. The summed E-state index contributed by atoms with van der Waals surface area (Å²) in [4.78, 5) is 21.1. The molecule has 0 bridgehead atoms. The topological polar surface area (TPSA) is 80.7 Å². The van der Waals surface area contributed by atoms with Gasteiger partial charge in [0.05, 0.1) is 17.9 Å². The van der Waals surface area contributed by atoms with Crippen molar-refractivity contribution in [2.24, 2.45) is 0 Å². The zero-order valence-corrected chi connectivity index (χ0v) is 23.3. The van der Waals surface area contributed by atoms with Gasteiger partial charge in [-0.25, -0.2) is 19.3 Å². The molecule has 4 heterocycles. The first-order chi connectivity index (χ1) is 19.1. The van der Waals surface area contributed by atoms with Crippen molar-refractivity contribution in [3.05, 3.63) is 46.3 Å². The molecule has 1 atom stereocenters. The number of likely N-dealkylation sites (tertiary alicyclic amines) is 1. The van der Waals surface area contributed by atoms with Crippen molar-refractivity contribution < 1.29 is 22.7 Å². The molecule has 0 aliphatic carbocycles. The zero-order chi connectivity index (χ0) is 28.4. The summed E-state index contributed by atoms with van der Waals surface area (Å²) in [5, 5.41) is 12.9. The van der Waals surface area contributed by atoms with Gasteiger partial charge in [0, 0.05) is 61.8 Å². The smallest absolute Gasteiger partial charge is 0.395 e. The van der Waals surface area contributed by atoms with Gasteiger partial charge in [0.15, 0.2) is 5.13 Å². The van der Waals surface area contributed by atoms with Crippen molar-refractivity contribution in [3.63, 3.8) is 0 Å². The highest BCUT2D eigenvalue weighted by molar-refractivity contribution is 7.16. The first-order valence-electron chi connectivity index (χ1n) is 13.4. The molecule has 2 aliphatic heterocycles. The number of aliphatic hydroxyl groups is 1. The van der Waals surface area contributed by atoms with Gasteiger partial charge >= 0.3 is 6.18 Å². The number of aliphatic hydroxyl groups excluding tert-OH is 1. The van der Waals surface area contributed by atoms with Crippen molar-refractivity contribution in [1.82, 2.24) is 24.8 Å². The standard InChI is InChI=1S/C27H33F4N7OS/c1-17-4-3-5-38(17)16-22-25(19-12-20(27(29,30)31)14-21(28)13-19)35-26(40-22)34-23-15-24(33-18(2)32-23)37-8-6-36(7-9-37)10-11-39/h12-15,17,39H,3-11,16H2,1-2H3,(H,32,33,34,35)/t17-/m1/s1. The van der Waals surface area contributed by atoms with E-state index in [1.165, 1.54) is 11.3 Å². The molecule has 0 radical (unpaired) electrons. The number of halogens is 4. The van der Waals surface area contributed by atoms with Gasteiger partial charge in [-0.3, -0.25) is 9.80 Å². The summed E-state index contributed by atoms with van der Waals surface area (Å²) in [6, 6.07) is 4.75. The molecule has 2 fully saturated rings. The van der Waals surface area contributed by atoms with Crippen LogP contribution in [0.3, 0.4) is 0 Å². The summed E-state index contributed by atoms with van der Waals surface area (Å²) < 4.78 is 54.8. The van der Waals surface area contributed by atoms with Crippen LogP contribution in [0, 0.1) is 12.7 Å². The average molecular weight is 580 g/mol. The van der Waals surface area contributed by atoms with Gasteiger partial charge in [-0.1, -0.05) is 11.3 Å². The molecule has 0 spiro atoms. The number of aryl methyl sites for hydroxylation is 1. The number of anilines is 3. The van der Waals surface area contributed by atoms with E-state index in [-0.39, 0.29) is 12.2 Å². The molecule has 40 heavy (non-hydrogen) atoms. The Morgan fingerprint density at radius 3 is 2.50 bits per heavy atom. The summed E-state index contributed by atoms with van der Waals surface area (Å²) in [5.74, 6) is 0.905. The number of benzene rings is 1. The highest BCUT2D eigenvalue weighted by Crippen LogP contribution is 2.38. The number of aromatic nitrogens is 3. The minimum absolute atomic E-state index is 0.0961. The third-order valence-electron chi connectivity index (χ3n) is 7.41. The monoisotopic (exact) mass is 579 g/mol. The molecule has 0 unspecified atom stereocenters. The van der Waals surface area contributed by atoms with E-state index in [2.05, 4.69) is 41.9 Å². The lowest BCUT2D eigenvalue weighted by Crippen LogP contribution is -2.47. The minimum Gasteiger partial charge on any atom is -0.395 e. The Labute approximate surface area is 234 Å². The van der Waals surface area contributed by atoms with Crippen LogP contribution in [0.25, 0.3) is 11.3 Å². The number of piperazine rings is 1. The normalized spacial score (nSPS) is 19.0. The largest absolute Gasteiger partial charge is 0.416 e.